The zero-order valence-corrected chi connectivity index (χ0v) is 19.0. The molecule has 0 amide bonds. The van der Waals surface area contributed by atoms with Gasteiger partial charge in [0.15, 0.2) is 5.11 Å². The van der Waals surface area contributed by atoms with Gasteiger partial charge in [0.1, 0.15) is 5.82 Å². The first-order valence-electron chi connectivity index (χ1n) is 10.5. The molecule has 2 rings (SSSR count). The number of carboxylic acid groups (broad SMARTS) is 1. The molecule has 1 aromatic heterocycles. The number of nitrogens with one attached hydrogen (secondary N) is 1. The minimum atomic E-state index is -4.60. The van der Waals surface area contributed by atoms with Gasteiger partial charge >= 0.3 is 12.1 Å². The molecule has 1 aromatic carbocycles. The lowest BCUT2D eigenvalue weighted by Gasteiger charge is -2.21. The van der Waals surface area contributed by atoms with E-state index in [9.17, 15) is 18.0 Å². The Morgan fingerprint density at radius 2 is 1.94 bits per heavy atom. The summed E-state index contributed by atoms with van der Waals surface area (Å²) >= 11 is 5.40. The summed E-state index contributed by atoms with van der Waals surface area (Å²) in [6.07, 6.45) is -0.435. The second-order valence-corrected chi connectivity index (χ2v) is 7.89. The lowest BCUT2D eigenvalue weighted by molar-refractivity contribution is -0.137. The van der Waals surface area contributed by atoms with E-state index in [0.717, 1.165) is 38.3 Å². The number of hydrogen-bond donors (Lipinski definition) is 2. The summed E-state index contributed by atoms with van der Waals surface area (Å²) < 4.78 is 41.2. The molecule has 32 heavy (non-hydrogen) atoms. The summed E-state index contributed by atoms with van der Waals surface area (Å²) in [4.78, 5) is 16.8. The van der Waals surface area contributed by atoms with Gasteiger partial charge in [0, 0.05) is 25.6 Å². The lowest BCUT2D eigenvalue weighted by atomic mass is 9.98. The molecule has 0 aliphatic heterocycles. The molecule has 0 unspecified atom stereocenters. The van der Waals surface area contributed by atoms with Gasteiger partial charge in [-0.15, -0.1) is 0 Å². The molecule has 0 saturated carbocycles. The number of aliphatic carboxylic acids is 1. The van der Waals surface area contributed by atoms with Crippen molar-refractivity contribution >= 4 is 29.1 Å². The van der Waals surface area contributed by atoms with Crippen molar-refractivity contribution in [2.24, 2.45) is 0 Å². The minimum absolute atomic E-state index is 0.0209. The Labute approximate surface area is 191 Å². The highest BCUT2D eigenvalue weighted by atomic mass is 32.1. The summed E-state index contributed by atoms with van der Waals surface area (Å²) in [5.74, 6) is -0.633. The maximum Gasteiger partial charge on any atom is 0.417 e. The number of anilines is 1. The fraction of sp³-hybridized carbons (Fsp3) is 0.435. The molecular weight excluding hydrogens is 439 g/mol. The standard InChI is InChI=1S/C23H28F3N3O2S/c1-3-4-5-6-14-27-22(32)29(2)20-9-7-8-19(28-20)17-12-10-16(11-13-21(30)31)15-18(17)23(24,25)26/h7-10,12,15H,3-6,11,13-14H2,1-2H3,(H,27,32)(H,30,31). The molecule has 2 aromatic rings. The predicted octanol–water partition coefficient (Wildman–Crippen LogP) is 5.68. The highest BCUT2D eigenvalue weighted by Gasteiger charge is 2.34. The second kappa shape index (κ2) is 11.8. The number of halogens is 3. The highest BCUT2D eigenvalue weighted by Crippen LogP contribution is 2.37. The Bertz CT molecular complexity index is 935. The Kier molecular flexibility index (Phi) is 9.43. The number of nitrogens with zero attached hydrogens (tertiary/aromatic N) is 2. The van der Waals surface area contributed by atoms with E-state index in [1.165, 1.54) is 18.2 Å². The molecule has 0 radical (unpaired) electrons. The first-order chi connectivity index (χ1) is 15.1. The quantitative estimate of drug-likeness (QED) is 0.346. The summed E-state index contributed by atoms with van der Waals surface area (Å²) in [6, 6.07) is 8.68. The van der Waals surface area contributed by atoms with E-state index >= 15 is 0 Å². The van der Waals surface area contributed by atoms with Crippen molar-refractivity contribution in [2.45, 2.75) is 51.6 Å². The number of unbranched alkanes of at least 4 members (excludes halogenated alkanes) is 3. The molecule has 0 fully saturated rings. The van der Waals surface area contributed by atoms with Crippen LogP contribution in [0.2, 0.25) is 0 Å². The monoisotopic (exact) mass is 467 g/mol. The van der Waals surface area contributed by atoms with Crippen molar-refractivity contribution in [3.8, 4) is 11.3 Å². The fourth-order valence-electron chi connectivity index (χ4n) is 3.19. The smallest absolute Gasteiger partial charge is 0.417 e. The highest BCUT2D eigenvalue weighted by molar-refractivity contribution is 7.80. The van der Waals surface area contributed by atoms with Gasteiger partial charge < -0.3 is 15.3 Å². The first-order valence-corrected chi connectivity index (χ1v) is 10.9. The number of aryl methyl sites for hydroxylation is 1. The van der Waals surface area contributed by atoms with E-state index in [2.05, 4.69) is 17.2 Å². The summed E-state index contributed by atoms with van der Waals surface area (Å²) in [6.45, 7) is 2.86. The van der Waals surface area contributed by atoms with Crippen LogP contribution < -0.4 is 10.2 Å². The number of alkyl halides is 3. The van der Waals surface area contributed by atoms with Gasteiger partial charge in [0.25, 0.3) is 0 Å². The number of pyridine rings is 1. The van der Waals surface area contributed by atoms with Crippen LogP contribution in [0.1, 0.15) is 50.2 Å². The van der Waals surface area contributed by atoms with Gasteiger partial charge in [-0.1, -0.05) is 44.4 Å². The molecule has 0 aliphatic rings. The van der Waals surface area contributed by atoms with Crippen LogP contribution in [0, 0.1) is 0 Å². The van der Waals surface area contributed by atoms with Crippen LogP contribution >= 0.6 is 12.2 Å². The zero-order valence-electron chi connectivity index (χ0n) is 18.2. The molecular formula is C23H28F3N3O2S. The van der Waals surface area contributed by atoms with E-state index in [1.807, 2.05) is 0 Å². The number of thiocarbonyl (C=S) groups is 1. The van der Waals surface area contributed by atoms with Crippen LogP contribution in [0.4, 0.5) is 19.0 Å². The van der Waals surface area contributed by atoms with Crippen molar-refractivity contribution in [1.82, 2.24) is 10.3 Å². The van der Waals surface area contributed by atoms with Gasteiger partial charge in [-0.2, -0.15) is 13.2 Å². The number of rotatable bonds is 10. The number of carbonyl (C=O) groups is 1. The topological polar surface area (TPSA) is 65.5 Å². The van der Waals surface area contributed by atoms with E-state index in [-0.39, 0.29) is 24.1 Å². The van der Waals surface area contributed by atoms with E-state index in [4.69, 9.17) is 17.3 Å². The molecule has 5 nitrogen and oxygen atoms in total. The Morgan fingerprint density at radius 1 is 1.19 bits per heavy atom. The molecule has 9 heteroatoms. The molecule has 1 heterocycles. The van der Waals surface area contributed by atoms with Crippen molar-refractivity contribution in [1.29, 1.82) is 0 Å². The van der Waals surface area contributed by atoms with Crippen LogP contribution in [0.5, 0.6) is 0 Å². The summed E-state index contributed by atoms with van der Waals surface area (Å²) in [5.41, 5.74) is -0.433. The van der Waals surface area contributed by atoms with Crippen LogP contribution in [-0.4, -0.2) is 34.8 Å². The van der Waals surface area contributed by atoms with E-state index in [0.29, 0.717) is 16.5 Å². The Balaban J connectivity index is 2.24. The van der Waals surface area contributed by atoms with E-state index in [1.54, 1.807) is 24.1 Å². The molecule has 174 valence electrons. The third kappa shape index (κ3) is 7.47. The Morgan fingerprint density at radius 3 is 2.59 bits per heavy atom. The SMILES string of the molecule is CCCCCCNC(=S)N(C)c1cccc(-c2ccc(CCC(=O)O)cc2C(F)(F)F)n1. The second-order valence-electron chi connectivity index (χ2n) is 7.50. The van der Waals surface area contributed by atoms with Gasteiger partial charge in [0.05, 0.1) is 11.3 Å². The molecule has 0 saturated heterocycles. The maximum atomic E-state index is 13.7. The number of carboxylic acids is 1. The average Bonchev–Trinajstić information content (AvgIpc) is 2.76. The normalized spacial score (nSPS) is 11.3. The van der Waals surface area contributed by atoms with Gasteiger partial charge in [-0.05, 0) is 48.8 Å². The zero-order chi connectivity index (χ0) is 23.7. The third-order valence-electron chi connectivity index (χ3n) is 4.98. The third-order valence-corrected chi connectivity index (χ3v) is 5.40. The first kappa shape index (κ1) is 25.6. The van der Waals surface area contributed by atoms with Gasteiger partial charge in [-0.3, -0.25) is 4.79 Å². The molecule has 2 N–H and O–H groups in total. The van der Waals surface area contributed by atoms with Crippen LogP contribution in [0.25, 0.3) is 11.3 Å². The minimum Gasteiger partial charge on any atom is -0.481 e. The van der Waals surface area contributed by atoms with Crippen LogP contribution in [-0.2, 0) is 17.4 Å². The van der Waals surface area contributed by atoms with Gasteiger partial charge in [0.2, 0.25) is 0 Å². The van der Waals surface area contributed by atoms with E-state index < -0.39 is 17.7 Å². The lowest BCUT2D eigenvalue weighted by Crippen LogP contribution is -2.38. The predicted molar refractivity (Wildman–Crippen MR) is 124 cm³/mol. The molecule has 0 spiro atoms. The van der Waals surface area contributed by atoms with Crippen molar-refractivity contribution in [3.63, 3.8) is 0 Å². The fourth-order valence-corrected chi connectivity index (χ4v) is 3.38. The van der Waals surface area contributed by atoms with Crippen molar-refractivity contribution in [2.75, 3.05) is 18.5 Å². The summed E-state index contributed by atoms with van der Waals surface area (Å²) in [7, 11) is 1.72. The number of benzene rings is 1. The number of hydrogen-bond acceptors (Lipinski definition) is 3. The van der Waals surface area contributed by atoms with Crippen LogP contribution in [0.15, 0.2) is 36.4 Å². The Hall–Kier alpha value is -2.68. The van der Waals surface area contributed by atoms with Crippen molar-refractivity contribution < 1.29 is 23.1 Å². The van der Waals surface area contributed by atoms with Gasteiger partial charge in [-0.25, -0.2) is 4.98 Å². The molecule has 0 bridgehead atoms. The van der Waals surface area contributed by atoms with Crippen molar-refractivity contribution in [3.05, 3.63) is 47.5 Å². The summed E-state index contributed by atoms with van der Waals surface area (Å²) in [5, 5.41) is 12.4. The average molecular weight is 468 g/mol. The maximum absolute atomic E-state index is 13.7. The largest absolute Gasteiger partial charge is 0.481 e. The van der Waals surface area contributed by atoms with Crippen LogP contribution in [0.3, 0.4) is 0 Å². The molecule has 0 atom stereocenters. The molecule has 0 aliphatic carbocycles. The number of aromatic nitrogens is 1.